The fraction of sp³-hybridized carbons (Fsp3) is 0.192. The lowest BCUT2D eigenvalue weighted by Crippen LogP contribution is -2.46. The maximum atomic E-state index is 14.1. The molecule has 1 aromatic heterocycles. The Bertz CT molecular complexity index is 1540. The molecule has 0 fully saturated rings. The van der Waals surface area contributed by atoms with Crippen LogP contribution >= 0.6 is 15.9 Å². The van der Waals surface area contributed by atoms with Crippen molar-refractivity contribution in [1.82, 2.24) is 4.57 Å². The van der Waals surface area contributed by atoms with Gasteiger partial charge < -0.3 is 4.18 Å². The highest BCUT2D eigenvalue weighted by atomic mass is 79.9. The van der Waals surface area contributed by atoms with Crippen LogP contribution < -0.4 is 4.18 Å². The molecule has 0 aliphatic carbocycles. The molecule has 4 aromatic rings. The van der Waals surface area contributed by atoms with Crippen molar-refractivity contribution >= 4 is 42.9 Å². The summed E-state index contributed by atoms with van der Waals surface area (Å²) < 4.78 is 34.3. The number of carbonyl (C=O) groups is 1. The van der Waals surface area contributed by atoms with Gasteiger partial charge >= 0.3 is 10.1 Å². The van der Waals surface area contributed by atoms with Gasteiger partial charge in [0.2, 0.25) is 5.91 Å². The van der Waals surface area contributed by atoms with Gasteiger partial charge in [-0.25, -0.2) is 0 Å². The first kappa shape index (κ1) is 21.9. The molecule has 5 rings (SSSR count). The molecule has 1 unspecified atom stereocenters. The fourth-order valence-electron chi connectivity index (χ4n) is 4.78. The van der Waals surface area contributed by atoms with E-state index in [1.54, 1.807) is 41.8 Å². The van der Waals surface area contributed by atoms with Crippen LogP contribution in [0.1, 0.15) is 28.4 Å². The lowest BCUT2D eigenvalue weighted by Gasteiger charge is -2.35. The van der Waals surface area contributed by atoms with Crippen molar-refractivity contribution in [3.63, 3.8) is 0 Å². The summed E-state index contributed by atoms with van der Waals surface area (Å²) in [4.78, 5) is 14.1. The van der Waals surface area contributed by atoms with Crippen LogP contribution in [0.4, 0.5) is 0 Å². The van der Waals surface area contributed by atoms with Crippen molar-refractivity contribution in [2.24, 2.45) is 0 Å². The Hall–Kier alpha value is -2.90. The maximum Gasteiger partial charge on any atom is 0.310 e. The molecule has 1 atom stereocenters. The first-order chi connectivity index (χ1) is 15.6. The molecule has 7 heteroatoms. The Balaban J connectivity index is 1.72. The van der Waals surface area contributed by atoms with E-state index in [2.05, 4.69) is 15.9 Å². The molecule has 0 N–H and O–H groups in total. The van der Waals surface area contributed by atoms with Gasteiger partial charge in [-0.2, -0.15) is 8.42 Å². The Morgan fingerprint density at radius 3 is 2.45 bits per heavy atom. The van der Waals surface area contributed by atoms with Gasteiger partial charge in [0.1, 0.15) is 11.5 Å². The molecular weight excluding hydrogens is 502 g/mol. The van der Waals surface area contributed by atoms with Gasteiger partial charge in [0.15, 0.2) is 0 Å². The first-order valence-electron chi connectivity index (χ1n) is 10.5. The number of carbonyl (C=O) groups excluding carboxylic acids is 1. The Morgan fingerprint density at radius 1 is 1.00 bits per heavy atom. The van der Waals surface area contributed by atoms with Crippen LogP contribution in [-0.4, -0.2) is 24.6 Å². The number of hydrogen-bond donors (Lipinski definition) is 0. The Kier molecular flexibility index (Phi) is 5.03. The Labute approximate surface area is 201 Å². The first-order valence-corrected chi connectivity index (χ1v) is 12.9. The number of rotatable bonds is 4. The average molecular weight is 524 g/mol. The van der Waals surface area contributed by atoms with Crippen LogP contribution in [-0.2, 0) is 15.5 Å². The normalized spacial score (nSPS) is 17.6. The summed E-state index contributed by atoms with van der Waals surface area (Å²) >= 11 is 3.52. The molecule has 168 valence electrons. The molecule has 33 heavy (non-hydrogen) atoms. The summed E-state index contributed by atoms with van der Waals surface area (Å²) in [6, 6.07) is 20.0. The van der Waals surface area contributed by atoms with E-state index in [1.165, 1.54) is 0 Å². The van der Waals surface area contributed by atoms with Gasteiger partial charge in [0, 0.05) is 15.4 Å². The molecular formula is C26H22BrNO4S. The van der Waals surface area contributed by atoms with E-state index in [4.69, 9.17) is 4.18 Å². The molecule has 3 aromatic carbocycles. The second-order valence-electron chi connectivity index (χ2n) is 8.76. The summed E-state index contributed by atoms with van der Waals surface area (Å²) in [6.07, 6.45) is 0. The van der Waals surface area contributed by atoms with Gasteiger partial charge in [-0.15, -0.1) is 0 Å². The second-order valence-corrected chi connectivity index (χ2v) is 11.2. The standard InChI is InChI=1S/C26H22BrNO4S/c1-16-9-11-20-22(13-16)26(3,15-33(30,31)32-19-7-5-4-6-8-19)25(29)28-23-12-10-18(27)14-21(23)17(2)24(20)28/h4-14H,15H2,1-3H3. The zero-order valence-electron chi connectivity index (χ0n) is 18.4. The minimum atomic E-state index is -4.08. The number of halogens is 1. The summed E-state index contributed by atoms with van der Waals surface area (Å²) in [5.41, 5.74) is 3.74. The molecule has 0 amide bonds. The fourth-order valence-corrected chi connectivity index (χ4v) is 6.59. The van der Waals surface area contributed by atoms with E-state index in [9.17, 15) is 13.2 Å². The predicted octanol–water partition coefficient (Wildman–Crippen LogP) is 6.01. The van der Waals surface area contributed by atoms with Crippen molar-refractivity contribution in [1.29, 1.82) is 0 Å². The van der Waals surface area contributed by atoms with Crippen molar-refractivity contribution < 1.29 is 17.4 Å². The van der Waals surface area contributed by atoms with Crippen LogP contribution in [0.5, 0.6) is 5.75 Å². The van der Waals surface area contributed by atoms with Crippen molar-refractivity contribution in [3.8, 4) is 17.0 Å². The SMILES string of the molecule is Cc1ccc2c(c1)C(C)(CS(=O)(=O)Oc1ccccc1)C(=O)n1c-2c(C)c2cc(Br)ccc21. The quantitative estimate of drug-likeness (QED) is 0.307. The van der Waals surface area contributed by atoms with Gasteiger partial charge in [-0.3, -0.25) is 9.36 Å². The van der Waals surface area contributed by atoms with Crippen LogP contribution in [0, 0.1) is 13.8 Å². The van der Waals surface area contributed by atoms with Crippen LogP contribution in [0.2, 0.25) is 0 Å². The molecule has 0 radical (unpaired) electrons. The molecule has 0 saturated heterocycles. The van der Waals surface area contributed by atoms with E-state index in [0.29, 0.717) is 5.56 Å². The number of nitrogens with zero attached hydrogens (tertiary/aromatic N) is 1. The highest BCUT2D eigenvalue weighted by Gasteiger charge is 2.47. The van der Waals surface area contributed by atoms with Gasteiger partial charge in [-0.05, 0) is 62.2 Å². The zero-order chi connectivity index (χ0) is 23.5. The third kappa shape index (κ3) is 3.50. The van der Waals surface area contributed by atoms with Crippen LogP contribution in [0.3, 0.4) is 0 Å². The highest BCUT2D eigenvalue weighted by Crippen LogP contribution is 2.46. The van der Waals surface area contributed by atoms with Crippen LogP contribution in [0.25, 0.3) is 22.2 Å². The minimum Gasteiger partial charge on any atom is -0.382 e. The molecule has 1 aliphatic heterocycles. The average Bonchev–Trinajstić information content (AvgIpc) is 3.04. The molecule has 1 aliphatic rings. The lowest BCUT2D eigenvalue weighted by molar-refractivity contribution is 0.0824. The summed E-state index contributed by atoms with van der Waals surface area (Å²) in [5, 5.41) is 0.951. The predicted molar refractivity (Wildman–Crippen MR) is 133 cm³/mol. The maximum absolute atomic E-state index is 14.1. The monoisotopic (exact) mass is 523 g/mol. The number of aryl methyl sites for hydroxylation is 2. The lowest BCUT2D eigenvalue weighted by atomic mass is 9.76. The number of hydrogen-bond acceptors (Lipinski definition) is 4. The topological polar surface area (TPSA) is 65.4 Å². The molecule has 0 bridgehead atoms. The van der Waals surface area contributed by atoms with Crippen LogP contribution in [0.15, 0.2) is 71.2 Å². The van der Waals surface area contributed by atoms with E-state index >= 15 is 0 Å². The smallest absolute Gasteiger partial charge is 0.310 e. The van der Waals surface area contributed by atoms with E-state index in [1.807, 2.05) is 50.2 Å². The Morgan fingerprint density at radius 2 is 1.73 bits per heavy atom. The number of fused-ring (bicyclic) bond motifs is 5. The molecule has 2 heterocycles. The van der Waals surface area contributed by atoms with Gasteiger partial charge in [-0.1, -0.05) is 57.9 Å². The third-order valence-corrected chi connectivity index (χ3v) is 8.18. The highest BCUT2D eigenvalue weighted by molar-refractivity contribution is 9.10. The van der Waals surface area contributed by atoms with Crippen molar-refractivity contribution in [3.05, 3.63) is 87.9 Å². The van der Waals surface area contributed by atoms with Gasteiger partial charge in [0.25, 0.3) is 0 Å². The summed E-state index contributed by atoms with van der Waals surface area (Å²) in [5.74, 6) is -0.531. The number of para-hydroxylation sites is 1. The summed E-state index contributed by atoms with van der Waals surface area (Å²) in [6.45, 7) is 5.63. The van der Waals surface area contributed by atoms with Gasteiger partial charge in [0.05, 0.1) is 16.6 Å². The molecule has 0 spiro atoms. The van der Waals surface area contributed by atoms with E-state index < -0.39 is 21.3 Å². The third-order valence-electron chi connectivity index (χ3n) is 6.31. The summed E-state index contributed by atoms with van der Waals surface area (Å²) in [7, 11) is -4.08. The molecule has 0 saturated carbocycles. The zero-order valence-corrected chi connectivity index (χ0v) is 20.8. The van der Waals surface area contributed by atoms with E-state index in [-0.39, 0.29) is 11.7 Å². The van der Waals surface area contributed by atoms with E-state index in [0.717, 1.165) is 37.8 Å². The largest absolute Gasteiger partial charge is 0.382 e. The van der Waals surface area contributed by atoms with Crippen molar-refractivity contribution in [2.75, 3.05) is 5.75 Å². The minimum absolute atomic E-state index is 0.224. The number of aromatic nitrogens is 1. The second kappa shape index (κ2) is 7.57. The molecule has 5 nitrogen and oxygen atoms in total. The van der Waals surface area contributed by atoms with Crippen molar-refractivity contribution in [2.45, 2.75) is 26.2 Å². The number of benzene rings is 3.